The zero-order chi connectivity index (χ0) is 16.5. The smallest absolute Gasteiger partial charge is 0.139 e. The number of para-hydroxylation sites is 1. The standard InChI is InChI=1S/C21H20N2O/c1-14(18-10-4-7-15-6-2-3-9-19(15)18)22-13-17-12-16-8-5-11-20(24)21(16)23-17/h2-12,14,22-24H,13H2,1H3/t14-/m1/s1. The average Bonchev–Trinajstić information content (AvgIpc) is 3.04. The molecule has 1 atom stereocenters. The molecular formula is C21H20N2O. The van der Waals surface area contributed by atoms with Crippen molar-refractivity contribution in [2.75, 3.05) is 0 Å². The molecule has 0 aliphatic rings. The lowest BCUT2D eigenvalue weighted by molar-refractivity contribution is 0.480. The van der Waals surface area contributed by atoms with Crippen molar-refractivity contribution in [2.45, 2.75) is 19.5 Å². The van der Waals surface area contributed by atoms with Crippen molar-refractivity contribution in [3.8, 4) is 5.75 Å². The van der Waals surface area contributed by atoms with E-state index in [0.717, 1.165) is 23.1 Å². The van der Waals surface area contributed by atoms with E-state index < -0.39 is 0 Å². The lowest BCUT2D eigenvalue weighted by Gasteiger charge is -2.16. The molecule has 0 fully saturated rings. The Morgan fingerprint density at radius 1 is 0.958 bits per heavy atom. The summed E-state index contributed by atoms with van der Waals surface area (Å²) >= 11 is 0. The Kier molecular flexibility index (Phi) is 3.71. The third kappa shape index (κ3) is 2.63. The van der Waals surface area contributed by atoms with Gasteiger partial charge in [0.05, 0.1) is 5.52 Å². The number of benzene rings is 3. The van der Waals surface area contributed by atoms with Crippen LogP contribution in [0.5, 0.6) is 5.75 Å². The van der Waals surface area contributed by atoms with Gasteiger partial charge in [-0.25, -0.2) is 0 Å². The van der Waals surface area contributed by atoms with Crippen molar-refractivity contribution in [2.24, 2.45) is 0 Å². The third-order valence-electron chi connectivity index (χ3n) is 4.58. The van der Waals surface area contributed by atoms with Gasteiger partial charge in [0, 0.05) is 23.7 Å². The van der Waals surface area contributed by atoms with Crippen LogP contribution in [0.2, 0.25) is 0 Å². The predicted octanol–water partition coefficient (Wildman–Crippen LogP) is 4.88. The van der Waals surface area contributed by atoms with E-state index >= 15 is 0 Å². The van der Waals surface area contributed by atoms with E-state index in [1.807, 2.05) is 12.1 Å². The number of aromatic amines is 1. The van der Waals surface area contributed by atoms with E-state index in [4.69, 9.17) is 0 Å². The maximum atomic E-state index is 9.91. The molecule has 0 saturated carbocycles. The van der Waals surface area contributed by atoms with E-state index in [2.05, 4.69) is 65.8 Å². The third-order valence-corrected chi connectivity index (χ3v) is 4.58. The molecule has 0 radical (unpaired) electrons. The first-order valence-corrected chi connectivity index (χ1v) is 8.23. The van der Waals surface area contributed by atoms with Crippen LogP contribution < -0.4 is 5.32 Å². The fourth-order valence-electron chi connectivity index (χ4n) is 3.29. The van der Waals surface area contributed by atoms with Gasteiger partial charge in [-0.05, 0) is 35.4 Å². The summed E-state index contributed by atoms with van der Waals surface area (Å²) in [6.07, 6.45) is 0. The average molecular weight is 316 g/mol. The van der Waals surface area contributed by atoms with E-state index in [0.29, 0.717) is 5.75 Å². The zero-order valence-corrected chi connectivity index (χ0v) is 13.6. The van der Waals surface area contributed by atoms with Gasteiger partial charge in [-0.15, -0.1) is 0 Å². The molecule has 0 aliphatic heterocycles. The lowest BCUT2D eigenvalue weighted by Crippen LogP contribution is -2.18. The molecule has 0 amide bonds. The minimum Gasteiger partial charge on any atom is -0.506 e. The van der Waals surface area contributed by atoms with Gasteiger partial charge in [0.1, 0.15) is 5.75 Å². The second-order valence-electron chi connectivity index (χ2n) is 6.21. The molecular weight excluding hydrogens is 296 g/mol. The van der Waals surface area contributed by atoms with Crippen LogP contribution in [0.25, 0.3) is 21.7 Å². The monoisotopic (exact) mass is 316 g/mol. The largest absolute Gasteiger partial charge is 0.506 e. The fraction of sp³-hybridized carbons (Fsp3) is 0.143. The number of hydrogen-bond acceptors (Lipinski definition) is 2. The Hall–Kier alpha value is -2.78. The summed E-state index contributed by atoms with van der Waals surface area (Å²) < 4.78 is 0. The van der Waals surface area contributed by atoms with Gasteiger partial charge < -0.3 is 15.4 Å². The van der Waals surface area contributed by atoms with Crippen molar-refractivity contribution >= 4 is 21.7 Å². The summed E-state index contributed by atoms with van der Waals surface area (Å²) in [5.74, 6) is 0.292. The molecule has 1 heterocycles. The predicted molar refractivity (Wildman–Crippen MR) is 99.2 cm³/mol. The summed E-state index contributed by atoms with van der Waals surface area (Å²) in [5, 5.41) is 17.1. The first-order valence-electron chi connectivity index (χ1n) is 8.23. The first-order chi connectivity index (χ1) is 11.7. The van der Waals surface area contributed by atoms with Crippen LogP contribution in [0, 0.1) is 0 Å². The number of nitrogens with one attached hydrogen (secondary N) is 2. The van der Waals surface area contributed by atoms with E-state index in [-0.39, 0.29) is 6.04 Å². The molecule has 3 N–H and O–H groups in total. The minimum atomic E-state index is 0.233. The summed E-state index contributed by atoms with van der Waals surface area (Å²) in [6.45, 7) is 2.90. The van der Waals surface area contributed by atoms with Crippen molar-refractivity contribution < 1.29 is 5.11 Å². The molecule has 120 valence electrons. The van der Waals surface area contributed by atoms with E-state index in [1.54, 1.807) is 6.07 Å². The van der Waals surface area contributed by atoms with Crippen LogP contribution in [0.1, 0.15) is 24.2 Å². The highest BCUT2D eigenvalue weighted by atomic mass is 16.3. The second kappa shape index (κ2) is 6.02. The number of phenolic OH excluding ortho intramolecular Hbond substituents is 1. The SMILES string of the molecule is C[C@@H](NCc1cc2cccc(O)c2[nH]1)c1cccc2ccccc12. The van der Waals surface area contributed by atoms with Crippen LogP contribution >= 0.6 is 0 Å². The van der Waals surface area contributed by atoms with Gasteiger partial charge in [-0.3, -0.25) is 0 Å². The summed E-state index contributed by atoms with van der Waals surface area (Å²) in [4.78, 5) is 3.30. The molecule has 0 bridgehead atoms. The molecule has 0 aliphatic carbocycles. The minimum absolute atomic E-state index is 0.233. The van der Waals surface area contributed by atoms with E-state index in [9.17, 15) is 5.11 Å². The number of H-pyrrole nitrogens is 1. The summed E-state index contributed by atoms with van der Waals surface area (Å²) in [6, 6.07) is 22.8. The van der Waals surface area contributed by atoms with Gasteiger partial charge in [0.2, 0.25) is 0 Å². The van der Waals surface area contributed by atoms with Crippen LogP contribution in [0.3, 0.4) is 0 Å². The number of hydrogen-bond donors (Lipinski definition) is 3. The molecule has 3 nitrogen and oxygen atoms in total. The molecule has 3 heteroatoms. The topological polar surface area (TPSA) is 48.0 Å². The van der Waals surface area contributed by atoms with Gasteiger partial charge >= 0.3 is 0 Å². The number of aromatic nitrogens is 1. The van der Waals surface area contributed by atoms with Crippen LogP contribution in [-0.2, 0) is 6.54 Å². The first kappa shape index (κ1) is 14.8. The summed E-state index contributed by atoms with van der Waals surface area (Å²) in [5.41, 5.74) is 3.16. The molecule has 0 spiro atoms. The normalized spacial score (nSPS) is 12.7. The Bertz CT molecular complexity index is 998. The van der Waals surface area contributed by atoms with Gasteiger partial charge in [-0.1, -0.05) is 54.6 Å². The molecule has 4 rings (SSSR count). The zero-order valence-electron chi connectivity index (χ0n) is 13.6. The van der Waals surface area contributed by atoms with Crippen LogP contribution in [0.4, 0.5) is 0 Å². The number of aromatic hydroxyl groups is 1. The molecule has 0 unspecified atom stereocenters. The van der Waals surface area contributed by atoms with Crippen molar-refractivity contribution in [1.29, 1.82) is 0 Å². The molecule has 3 aromatic carbocycles. The highest BCUT2D eigenvalue weighted by Gasteiger charge is 2.10. The summed E-state index contributed by atoms with van der Waals surface area (Å²) in [7, 11) is 0. The maximum absolute atomic E-state index is 9.91. The molecule has 0 saturated heterocycles. The van der Waals surface area contributed by atoms with Crippen molar-refractivity contribution in [3.05, 3.63) is 78.0 Å². The maximum Gasteiger partial charge on any atom is 0.139 e. The fourth-order valence-corrected chi connectivity index (χ4v) is 3.29. The molecule has 1 aromatic heterocycles. The number of rotatable bonds is 4. The Labute approximate surface area is 140 Å². The van der Waals surface area contributed by atoms with Crippen molar-refractivity contribution in [3.63, 3.8) is 0 Å². The van der Waals surface area contributed by atoms with Gasteiger partial charge in [-0.2, -0.15) is 0 Å². The highest BCUT2D eigenvalue weighted by molar-refractivity contribution is 5.86. The number of phenols is 1. The lowest BCUT2D eigenvalue weighted by atomic mass is 10.00. The van der Waals surface area contributed by atoms with E-state index in [1.165, 1.54) is 16.3 Å². The Balaban J connectivity index is 1.57. The van der Waals surface area contributed by atoms with Gasteiger partial charge in [0.15, 0.2) is 0 Å². The van der Waals surface area contributed by atoms with Crippen molar-refractivity contribution in [1.82, 2.24) is 10.3 Å². The highest BCUT2D eigenvalue weighted by Crippen LogP contribution is 2.26. The molecule has 4 aromatic rings. The Morgan fingerprint density at radius 2 is 1.71 bits per heavy atom. The quantitative estimate of drug-likeness (QED) is 0.502. The van der Waals surface area contributed by atoms with Crippen LogP contribution in [0.15, 0.2) is 66.7 Å². The molecule has 24 heavy (non-hydrogen) atoms. The number of fused-ring (bicyclic) bond motifs is 2. The van der Waals surface area contributed by atoms with Gasteiger partial charge in [0.25, 0.3) is 0 Å². The Morgan fingerprint density at radius 3 is 2.58 bits per heavy atom. The van der Waals surface area contributed by atoms with Crippen LogP contribution in [-0.4, -0.2) is 10.1 Å². The second-order valence-corrected chi connectivity index (χ2v) is 6.21.